The van der Waals surface area contributed by atoms with E-state index in [1.807, 2.05) is 24.3 Å². The molecule has 0 unspecified atom stereocenters. The second kappa shape index (κ2) is 3.32. The number of nitrogens with zero attached hydrogens (tertiary/aromatic N) is 4. The molecule has 0 bridgehead atoms. The Kier molecular flexibility index (Phi) is 2.01. The summed E-state index contributed by atoms with van der Waals surface area (Å²) >= 11 is 0. The second-order valence-corrected chi connectivity index (χ2v) is 2.54. The van der Waals surface area contributed by atoms with Crippen molar-refractivity contribution in [1.29, 1.82) is 0 Å². The first-order chi connectivity index (χ1) is 6.42. The highest BCUT2D eigenvalue weighted by Gasteiger charge is 2.02. The molecule has 5 nitrogen and oxygen atoms in total. The van der Waals surface area contributed by atoms with Crippen molar-refractivity contribution in [2.24, 2.45) is 0 Å². The second-order valence-electron chi connectivity index (χ2n) is 2.54. The standard InChI is InChI=1S/C8H8N4O/c13-5-7-3-1-2-4-8(7)12-6-9-10-11-12/h1-4,6,13H,5H2. The third kappa shape index (κ3) is 1.41. The smallest absolute Gasteiger partial charge is 0.143 e. The molecule has 0 spiro atoms. The maximum absolute atomic E-state index is 9.04. The van der Waals surface area contributed by atoms with Gasteiger partial charge in [0.05, 0.1) is 12.3 Å². The molecule has 1 N–H and O–H groups in total. The molecule has 5 heteroatoms. The molecule has 66 valence electrons. The molecule has 0 atom stereocenters. The molecule has 13 heavy (non-hydrogen) atoms. The normalized spacial score (nSPS) is 10.2. The maximum Gasteiger partial charge on any atom is 0.143 e. The Bertz CT molecular complexity index is 385. The van der Waals surface area contributed by atoms with Crippen LogP contribution in [0.4, 0.5) is 0 Å². The fraction of sp³-hybridized carbons (Fsp3) is 0.125. The average molecular weight is 176 g/mol. The number of aliphatic hydroxyl groups excluding tert-OH is 1. The fourth-order valence-electron chi connectivity index (χ4n) is 1.14. The van der Waals surface area contributed by atoms with Crippen molar-refractivity contribution in [2.75, 3.05) is 0 Å². The molecule has 0 saturated carbocycles. The molecule has 1 aromatic carbocycles. The van der Waals surface area contributed by atoms with Gasteiger partial charge in [-0.15, -0.1) is 5.10 Å². The predicted octanol–water partition coefficient (Wildman–Crippen LogP) is 0.155. The minimum Gasteiger partial charge on any atom is -0.392 e. The van der Waals surface area contributed by atoms with Crippen LogP contribution in [0.5, 0.6) is 0 Å². The highest BCUT2D eigenvalue weighted by Crippen LogP contribution is 2.11. The van der Waals surface area contributed by atoms with Gasteiger partial charge in [-0.05, 0) is 16.5 Å². The summed E-state index contributed by atoms with van der Waals surface area (Å²) in [5.74, 6) is 0. The van der Waals surface area contributed by atoms with E-state index in [1.54, 1.807) is 0 Å². The fourth-order valence-corrected chi connectivity index (χ4v) is 1.14. The molecule has 0 aliphatic rings. The number of hydrogen-bond donors (Lipinski definition) is 1. The van der Waals surface area contributed by atoms with Crippen LogP contribution in [0.3, 0.4) is 0 Å². The van der Waals surface area contributed by atoms with Crippen LogP contribution in [0.1, 0.15) is 5.56 Å². The maximum atomic E-state index is 9.04. The summed E-state index contributed by atoms with van der Waals surface area (Å²) in [5.41, 5.74) is 1.60. The third-order valence-electron chi connectivity index (χ3n) is 1.76. The summed E-state index contributed by atoms with van der Waals surface area (Å²) in [6, 6.07) is 7.41. The molecular formula is C8H8N4O. The third-order valence-corrected chi connectivity index (χ3v) is 1.76. The number of para-hydroxylation sites is 1. The summed E-state index contributed by atoms with van der Waals surface area (Å²) in [6.45, 7) is -0.0178. The number of aromatic nitrogens is 4. The number of aliphatic hydroxyl groups is 1. The Morgan fingerprint density at radius 1 is 1.31 bits per heavy atom. The van der Waals surface area contributed by atoms with Gasteiger partial charge in [-0.1, -0.05) is 18.2 Å². The molecule has 0 aliphatic heterocycles. The van der Waals surface area contributed by atoms with Crippen LogP contribution in [-0.2, 0) is 6.61 Å². The molecule has 0 amide bonds. The van der Waals surface area contributed by atoms with E-state index in [2.05, 4.69) is 15.5 Å². The minimum atomic E-state index is -0.0178. The van der Waals surface area contributed by atoms with Crippen LogP contribution in [0.25, 0.3) is 5.69 Å². The van der Waals surface area contributed by atoms with Gasteiger partial charge in [0.15, 0.2) is 0 Å². The van der Waals surface area contributed by atoms with Crippen LogP contribution < -0.4 is 0 Å². The van der Waals surface area contributed by atoms with Crippen molar-refractivity contribution in [3.63, 3.8) is 0 Å². The molecule has 2 aromatic rings. The van der Waals surface area contributed by atoms with E-state index >= 15 is 0 Å². The molecule has 0 fully saturated rings. The number of benzene rings is 1. The zero-order valence-corrected chi connectivity index (χ0v) is 6.83. The molecule has 2 rings (SSSR count). The summed E-state index contributed by atoms with van der Waals surface area (Å²) in [4.78, 5) is 0. The molecule has 0 aliphatic carbocycles. The van der Waals surface area contributed by atoms with Crippen LogP contribution in [0, 0.1) is 0 Å². The van der Waals surface area contributed by atoms with Gasteiger partial charge in [0.1, 0.15) is 6.33 Å². The lowest BCUT2D eigenvalue weighted by atomic mass is 10.2. The van der Waals surface area contributed by atoms with Crippen molar-refractivity contribution in [3.05, 3.63) is 36.2 Å². The van der Waals surface area contributed by atoms with Crippen molar-refractivity contribution >= 4 is 0 Å². The first-order valence-corrected chi connectivity index (χ1v) is 3.84. The van der Waals surface area contributed by atoms with E-state index in [-0.39, 0.29) is 6.61 Å². The van der Waals surface area contributed by atoms with Crippen LogP contribution >= 0.6 is 0 Å². The molecule has 1 aromatic heterocycles. The highest BCUT2D eigenvalue weighted by molar-refractivity contribution is 5.38. The monoisotopic (exact) mass is 176 g/mol. The van der Waals surface area contributed by atoms with Crippen LogP contribution in [0.15, 0.2) is 30.6 Å². The number of tetrazole rings is 1. The summed E-state index contributed by atoms with van der Waals surface area (Å²) < 4.78 is 1.52. The van der Waals surface area contributed by atoms with Gasteiger partial charge < -0.3 is 5.11 Å². The van der Waals surface area contributed by atoms with Gasteiger partial charge in [0.25, 0.3) is 0 Å². The van der Waals surface area contributed by atoms with E-state index in [9.17, 15) is 0 Å². The van der Waals surface area contributed by atoms with Crippen molar-refractivity contribution < 1.29 is 5.11 Å². The Hall–Kier alpha value is -1.75. The summed E-state index contributed by atoms with van der Waals surface area (Å²) in [5, 5.41) is 19.8. The molecular weight excluding hydrogens is 168 g/mol. The van der Waals surface area contributed by atoms with Crippen molar-refractivity contribution in [3.8, 4) is 5.69 Å². The predicted molar refractivity (Wildman–Crippen MR) is 45.1 cm³/mol. The highest BCUT2D eigenvalue weighted by atomic mass is 16.3. The first-order valence-electron chi connectivity index (χ1n) is 3.84. The van der Waals surface area contributed by atoms with Gasteiger partial charge in [-0.3, -0.25) is 0 Å². The first kappa shape index (κ1) is 7.88. The van der Waals surface area contributed by atoms with Gasteiger partial charge in [0.2, 0.25) is 0 Å². The minimum absolute atomic E-state index is 0.0178. The largest absolute Gasteiger partial charge is 0.392 e. The Labute approximate surface area is 74.6 Å². The van der Waals surface area contributed by atoms with E-state index in [1.165, 1.54) is 11.0 Å². The Morgan fingerprint density at radius 3 is 2.85 bits per heavy atom. The van der Waals surface area contributed by atoms with E-state index in [0.717, 1.165) is 11.3 Å². The lowest BCUT2D eigenvalue weighted by molar-refractivity contribution is 0.281. The summed E-state index contributed by atoms with van der Waals surface area (Å²) in [7, 11) is 0. The molecule has 1 heterocycles. The zero-order valence-electron chi connectivity index (χ0n) is 6.83. The lowest BCUT2D eigenvalue weighted by Crippen LogP contribution is -2.00. The zero-order chi connectivity index (χ0) is 9.10. The average Bonchev–Trinajstić information content (AvgIpc) is 2.70. The lowest BCUT2D eigenvalue weighted by Gasteiger charge is -2.03. The Morgan fingerprint density at radius 2 is 2.15 bits per heavy atom. The van der Waals surface area contributed by atoms with Gasteiger partial charge in [-0.2, -0.15) is 0 Å². The van der Waals surface area contributed by atoms with E-state index in [0.29, 0.717) is 0 Å². The summed E-state index contributed by atoms with van der Waals surface area (Å²) in [6.07, 6.45) is 1.49. The van der Waals surface area contributed by atoms with Crippen LogP contribution in [-0.4, -0.2) is 25.3 Å². The van der Waals surface area contributed by atoms with Gasteiger partial charge in [0, 0.05) is 5.56 Å². The van der Waals surface area contributed by atoms with E-state index < -0.39 is 0 Å². The SMILES string of the molecule is OCc1ccccc1-n1cnnn1. The van der Waals surface area contributed by atoms with Crippen molar-refractivity contribution in [1.82, 2.24) is 20.2 Å². The number of hydrogen-bond acceptors (Lipinski definition) is 4. The molecule has 0 saturated heterocycles. The topological polar surface area (TPSA) is 63.8 Å². The van der Waals surface area contributed by atoms with Gasteiger partial charge in [-0.25, -0.2) is 4.68 Å². The Balaban J connectivity index is 2.51. The van der Waals surface area contributed by atoms with E-state index in [4.69, 9.17) is 5.11 Å². The van der Waals surface area contributed by atoms with Crippen LogP contribution in [0.2, 0.25) is 0 Å². The van der Waals surface area contributed by atoms with Gasteiger partial charge >= 0.3 is 0 Å². The number of rotatable bonds is 2. The van der Waals surface area contributed by atoms with Crippen molar-refractivity contribution in [2.45, 2.75) is 6.61 Å². The molecule has 0 radical (unpaired) electrons. The quantitative estimate of drug-likeness (QED) is 0.707.